The average molecular weight is 443 g/mol. The van der Waals surface area contributed by atoms with Gasteiger partial charge in [0.2, 0.25) is 0 Å². The summed E-state index contributed by atoms with van der Waals surface area (Å²) >= 11 is 0.923. The number of urea groups is 1. The van der Waals surface area contributed by atoms with Crippen LogP contribution in [0, 0.1) is 0 Å². The van der Waals surface area contributed by atoms with Crippen LogP contribution in [-0.2, 0) is 17.3 Å². The quantitative estimate of drug-likeness (QED) is 0.713. The summed E-state index contributed by atoms with van der Waals surface area (Å²) in [6.07, 6.45) is -2.32. The molecule has 2 N–H and O–H groups in total. The number of morpholine rings is 1. The Morgan fingerprint density at radius 1 is 1.37 bits per heavy atom. The molecule has 1 unspecified atom stereocenters. The van der Waals surface area contributed by atoms with Gasteiger partial charge in [0, 0.05) is 42.8 Å². The van der Waals surface area contributed by atoms with E-state index in [1.54, 1.807) is 19.2 Å². The Morgan fingerprint density at radius 2 is 2.10 bits per heavy atom. The molecule has 1 atom stereocenters. The van der Waals surface area contributed by atoms with Gasteiger partial charge in [0.05, 0.1) is 13.2 Å². The summed E-state index contributed by atoms with van der Waals surface area (Å²) in [5.74, 6) is 0.252. The molecule has 0 saturated carbocycles. The summed E-state index contributed by atoms with van der Waals surface area (Å²) in [5, 5.41) is 6.44. The number of alkyl halides is 3. The molecule has 164 valence electrons. The predicted octanol–water partition coefficient (Wildman–Crippen LogP) is 3.63. The number of pyridine rings is 1. The molecule has 1 aliphatic heterocycles. The molecule has 2 aromatic heterocycles. The highest BCUT2D eigenvalue weighted by Gasteiger charge is 2.34. The highest BCUT2D eigenvalue weighted by Crippen LogP contribution is 2.35. The monoisotopic (exact) mass is 443 g/mol. The zero-order valence-electron chi connectivity index (χ0n) is 16.8. The van der Waals surface area contributed by atoms with E-state index in [2.05, 4.69) is 32.4 Å². The molecule has 2 amide bonds. The fourth-order valence-electron chi connectivity index (χ4n) is 3.23. The molecule has 0 radical (unpaired) electrons. The summed E-state index contributed by atoms with van der Waals surface area (Å²) in [6.45, 7) is 7.21. The molecule has 2 aromatic rings. The van der Waals surface area contributed by atoms with Crippen LogP contribution in [0.25, 0.3) is 10.6 Å². The van der Waals surface area contributed by atoms with Crippen LogP contribution < -0.4 is 10.6 Å². The molecule has 11 heteroatoms. The van der Waals surface area contributed by atoms with Gasteiger partial charge in [0.1, 0.15) is 10.8 Å². The standard InChI is InChI=1S/C19H24F3N5O2S/c1-3-23-18(28)26-16-9-14(17-25-15(11-30-17)19(20,21)22)13(10-24-16)8-12(2)27-4-6-29-7-5-27/h9-12H,3-8H2,1-2H3,(H2,23,24,26,28). The van der Waals surface area contributed by atoms with Gasteiger partial charge in [-0.2, -0.15) is 13.2 Å². The van der Waals surface area contributed by atoms with E-state index in [4.69, 9.17) is 4.74 Å². The molecule has 0 aliphatic carbocycles. The van der Waals surface area contributed by atoms with Gasteiger partial charge < -0.3 is 10.1 Å². The molecule has 1 saturated heterocycles. The van der Waals surface area contributed by atoms with E-state index in [0.717, 1.165) is 35.4 Å². The summed E-state index contributed by atoms with van der Waals surface area (Å²) in [6, 6.07) is 1.30. The number of rotatable bonds is 6. The lowest BCUT2D eigenvalue weighted by Gasteiger charge is -2.32. The first-order chi connectivity index (χ1) is 14.3. The van der Waals surface area contributed by atoms with E-state index in [0.29, 0.717) is 31.7 Å². The second kappa shape index (κ2) is 9.71. The van der Waals surface area contributed by atoms with Crippen LogP contribution >= 0.6 is 11.3 Å². The largest absolute Gasteiger partial charge is 0.434 e. The van der Waals surface area contributed by atoms with Crippen LogP contribution in [0.5, 0.6) is 0 Å². The Kier molecular flexibility index (Phi) is 7.27. The van der Waals surface area contributed by atoms with E-state index >= 15 is 0 Å². The summed E-state index contributed by atoms with van der Waals surface area (Å²) in [5.41, 5.74) is 0.389. The summed E-state index contributed by atoms with van der Waals surface area (Å²) in [7, 11) is 0. The number of amides is 2. The van der Waals surface area contributed by atoms with Crippen LogP contribution in [-0.4, -0.2) is 59.8 Å². The number of nitrogens with one attached hydrogen (secondary N) is 2. The summed E-state index contributed by atoms with van der Waals surface area (Å²) < 4.78 is 44.5. The number of nitrogens with zero attached hydrogens (tertiary/aromatic N) is 3. The minimum Gasteiger partial charge on any atom is -0.379 e. The average Bonchev–Trinajstić information content (AvgIpc) is 3.20. The Labute approximate surface area is 176 Å². The van der Waals surface area contributed by atoms with Crippen molar-refractivity contribution in [1.82, 2.24) is 20.2 Å². The normalized spacial score (nSPS) is 16.3. The van der Waals surface area contributed by atoms with Crippen molar-refractivity contribution in [2.24, 2.45) is 0 Å². The number of halogens is 3. The number of anilines is 1. The van der Waals surface area contributed by atoms with Crippen LogP contribution in [0.2, 0.25) is 0 Å². The molecular formula is C19H24F3N5O2S. The number of hydrogen-bond acceptors (Lipinski definition) is 6. The van der Waals surface area contributed by atoms with Crippen molar-refractivity contribution in [3.8, 4) is 10.6 Å². The first kappa shape index (κ1) is 22.4. The maximum atomic E-state index is 13.1. The molecule has 1 fully saturated rings. The predicted molar refractivity (Wildman–Crippen MR) is 109 cm³/mol. The third-order valence-electron chi connectivity index (χ3n) is 4.77. The van der Waals surface area contributed by atoms with Gasteiger partial charge >= 0.3 is 12.2 Å². The molecule has 0 aromatic carbocycles. The Bertz CT molecular complexity index is 868. The van der Waals surface area contributed by atoms with Crippen LogP contribution in [0.1, 0.15) is 25.1 Å². The first-order valence-corrected chi connectivity index (χ1v) is 10.5. The minimum absolute atomic E-state index is 0.152. The Morgan fingerprint density at radius 3 is 2.73 bits per heavy atom. The number of aromatic nitrogens is 2. The second-order valence-electron chi connectivity index (χ2n) is 6.95. The first-order valence-electron chi connectivity index (χ1n) is 9.66. The molecule has 30 heavy (non-hydrogen) atoms. The lowest BCUT2D eigenvalue weighted by atomic mass is 10.0. The van der Waals surface area contributed by atoms with E-state index in [9.17, 15) is 18.0 Å². The second-order valence-corrected chi connectivity index (χ2v) is 7.81. The van der Waals surface area contributed by atoms with Crippen LogP contribution in [0.15, 0.2) is 17.6 Å². The van der Waals surface area contributed by atoms with Crippen molar-refractivity contribution in [1.29, 1.82) is 0 Å². The van der Waals surface area contributed by atoms with Gasteiger partial charge in [-0.25, -0.2) is 14.8 Å². The Hall–Kier alpha value is -2.24. The SMILES string of the molecule is CCNC(=O)Nc1cc(-c2nc(C(F)(F)F)cs2)c(CC(C)N2CCOCC2)cn1. The van der Waals surface area contributed by atoms with Gasteiger partial charge in [0.25, 0.3) is 0 Å². The smallest absolute Gasteiger partial charge is 0.379 e. The molecule has 3 heterocycles. The van der Waals surface area contributed by atoms with Crippen LogP contribution in [0.3, 0.4) is 0 Å². The highest BCUT2D eigenvalue weighted by molar-refractivity contribution is 7.13. The van der Waals surface area contributed by atoms with Gasteiger partial charge in [-0.05, 0) is 31.9 Å². The van der Waals surface area contributed by atoms with Crippen molar-refractivity contribution < 1.29 is 22.7 Å². The lowest BCUT2D eigenvalue weighted by Crippen LogP contribution is -2.43. The molecule has 0 bridgehead atoms. The van der Waals surface area contributed by atoms with Crippen molar-refractivity contribution in [2.45, 2.75) is 32.5 Å². The topological polar surface area (TPSA) is 79.4 Å². The molecular weight excluding hydrogens is 419 g/mol. The number of carbonyl (C=O) groups is 1. The number of thiazole rings is 1. The molecule has 7 nitrogen and oxygen atoms in total. The van der Waals surface area contributed by atoms with Crippen molar-refractivity contribution in [3.63, 3.8) is 0 Å². The number of carbonyl (C=O) groups excluding carboxylic acids is 1. The fourth-order valence-corrected chi connectivity index (χ4v) is 4.11. The van der Waals surface area contributed by atoms with Crippen molar-refractivity contribution in [3.05, 3.63) is 28.9 Å². The molecule has 1 aliphatic rings. The maximum absolute atomic E-state index is 13.1. The van der Waals surface area contributed by atoms with Gasteiger partial charge in [-0.3, -0.25) is 10.2 Å². The van der Waals surface area contributed by atoms with Gasteiger partial charge in [-0.15, -0.1) is 11.3 Å². The molecule has 3 rings (SSSR count). The fraction of sp³-hybridized carbons (Fsp3) is 0.526. The van der Waals surface area contributed by atoms with Crippen molar-refractivity contribution >= 4 is 23.2 Å². The zero-order valence-corrected chi connectivity index (χ0v) is 17.6. The van der Waals surface area contributed by atoms with E-state index in [1.165, 1.54) is 0 Å². The van der Waals surface area contributed by atoms with Crippen LogP contribution in [0.4, 0.5) is 23.8 Å². The number of ether oxygens (including phenoxy) is 1. The molecule has 0 spiro atoms. The lowest BCUT2D eigenvalue weighted by molar-refractivity contribution is -0.140. The van der Waals surface area contributed by atoms with E-state index in [1.807, 2.05) is 0 Å². The Balaban J connectivity index is 1.90. The summed E-state index contributed by atoms with van der Waals surface area (Å²) in [4.78, 5) is 22.2. The van der Waals surface area contributed by atoms with Gasteiger partial charge in [-0.1, -0.05) is 0 Å². The third-order valence-corrected chi connectivity index (χ3v) is 5.65. The van der Waals surface area contributed by atoms with Crippen molar-refractivity contribution in [2.75, 3.05) is 38.2 Å². The van der Waals surface area contributed by atoms with E-state index < -0.39 is 17.9 Å². The maximum Gasteiger partial charge on any atom is 0.434 e. The minimum atomic E-state index is -4.51. The highest BCUT2D eigenvalue weighted by atomic mass is 32.1. The third kappa shape index (κ3) is 5.67. The zero-order chi connectivity index (χ0) is 21.7. The van der Waals surface area contributed by atoms with E-state index in [-0.39, 0.29) is 16.9 Å². The number of hydrogen-bond donors (Lipinski definition) is 2. The van der Waals surface area contributed by atoms with Gasteiger partial charge in [0.15, 0.2) is 5.69 Å².